The quantitative estimate of drug-likeness (QED) is 0.419. The van der Waals surface area contributed by atoms with Crippen molar-refractivity contribution >= 4 is 21.7 Å². The highest BCUT2D eigenvalue weighted by Gasteiger charge is 2.15. The number of halogens is 1. The molecule has 0 atom stereocenters. The van der Waals surface area contributed by atoms with Crippen molar-refractivity contribution in [2.45, 2.75) is 26.7 Å². The van der Waals surface area contributed by atoms with Crippen LogP contribution < -0.4 is 4.74 Å². The van der Waals surface area contributed by atoms with E-state index in [1.54, 1.807) is 13.0 Å². The lowest BCUT2D eigenvalue weighted by atomic mass is 10.1. The molecule has 3 nitrogen and oxygen atoms in total. The van der Waals surface area contributed by atoms with Crippen LogP contribution in [0.1, 0.15) is 34.0 Å². The molecule has 27 heavy (non-hydrogen) atoms. The van der Waals surface area contributed by atoms with Crippen molar-refractivity contribution in [3.05, 3.63) is 99.5 Å². The normalized spacial score (nSPS) is 10.6. The van der Waals surface area contributed by atoms with E-state index in [1.807, 2.05) is 66.7 Å². The predicted molar refractivity (Wildman–Crippen MR) is 110 cm³/mol. The van der Waals surface area contributed by atoms with Crippen LogP contribution in [0.3, 0.4) is 0 Å². The summed E-state index contributed by atoms with van der Waals surface area (Å²) in [5, 5.41) is 0. The third-order valence-corrected chi connectivity index (χ3v) is 5.08. The number of benzene rings is 3. The number of ketones is 1. The van der Waals surface area contributed by atoms with Gasteiger partial charge < -0.3 is 9.47 Å². The Labute approximate surface area is 168 Å². The van der Waals surface area contributed by atoms with E-state index in [9.17, 15) is 4.79 Å². The molecule has 0 saturated heterocycles. The summed E-state index contributed by atoms with van der Waals surface area (Å²) in [6, 6.07) is 23.6. The van der Waals surface area contributed by atoms with Crippen LogP contribution in [0.5, 0.6) is 5.75 Å². The third kappa shape index (κ3) is 5.28. The average molecular weight is 425 g/mol. The molecular weight excluding hydrogens is 404 g/mol. The molecule has 0 spiro atoms. The van der Waals surface area contributed by atoms with Gasteiger partial charge in [-0.2, -0.15) is 0 Å². The largest absolute Gasteiger partial charge is 0.488 e. The van der Waals surface area contributed by atoms with Crippen LogP contribution in [0.4, 0.5) is 0 Å². The topological polar surface area (TPSA) is 35.5 Å². The van der Waals surface area contributed by atoms with E-state index in [4.69, 9.17) is 9.47 Å². The van der Waals surface area contributed by atoms with Crippen molar-refractivity contribution in [3.8, 4) is 5.75 Å². The minimum atomic E-state index is 0.000735. The van der Waals surface area contributed by atoms with Crippen LogP contribution in [0.2, 0.25) is 0 Å². The fourth-order valence-corrected chi connectivity index (χ4v) is 3.45. The van der Waals surface area contributed by atoms with E-state index in [2.05, 4.69) is 15.9 Å². The molecule has 0 bridgehead atoms. The summed E-state index contributed by atoms with van der Waals surface area (Å²) < 4.78 is 12.6. The number of rotatable bonds is 8. The maximum Gasteiger partial charge on any atom is 0.160 e. The maximum atomic E-state index is 11.9. The fraction of sp³-hybridized carbons (Fsp3) is 0.174. The first kappa shape index (κ1) is 19.3. The Balaban J connectivity index is 1.77. The lowest BCUT2D eigenvalue weighted by molar-refractivity contribution is 0.100. The minimum Gasteiger partial charge on any atom is -0.488 e. The molecule has 0 aliphatic carbocycles. The molecular formula is C23H21BrO3. The van der Waals surface area contributed by atoms with Gasteiger partial charge in [-0.05, 0) is 46.1 Å². The first-order valence-electron chi connectivity index (χ1n) is 8.76. The van der Waals surface area contributed by atoms with Gasteiger partial charge in [-0.3, -0.25) is 4.79 Å². The van der Waals surface area contributed by atoms with Gasteiger partial charge >= 0.3 is 0 Å². The molecule has 3 rings (SSSR count). The van der Waals surface area contributed by atoms with Crippen LogP contribution in [0.15, 0.2) is 77.3 Å². The van der Waals surface area contributed by atoms with Gasteiger partial charge in [-0.1, -0.05) is 60.7 Å². The Bertz CT molecular complexity index is 892. The molecule has 0 N–H and O–H groups in total. The summed E-state index contributed by atoms with van der Waals surface area (Å²) in [5.41, 5.74) is 3.65. The van der Waals surface area contributed by atoms with Crippen molar-refractivity contribution in [2.75, 3.05) is 0 Å². The Morgan fingerprint density at radius 1 is 0.815 bits per heavy atom. The summed E-state index contributed by atoms with van der Waals surface area (Å²) in [7, 11) is 0. The Hall–Kier alpha value is -2.43. The zero-order chi connectivity index (χ0) is 19.1. The average Bonchev–Trinajstić information content (AvgIpc) is 2.69. The smallest absolute Gasteiger partial charge is 0.160 e. The van der Waals surface area contributed by atoms with Crippen LogP contribution in [-0.4, -0.2) is 5.78 Å². The van der Waals surface area contributed by atoms with Gasteiger partial charge in [0.1, 0.15) is 12.4 Å². The highest BCUT2D eigenvalue weighted by molar-refractivity contribution is 9.10. The molecule has 4 heteroatoms. The lowest BCUT2D eigenvalue weighted by Crippen LogP contribution is -2.05. The van der Waals surface area contributed by atoms with Crippen LogP contribution in [0.25, 0.3) is 0 Å². The maximum absolute atomic E-state index is 11.9. The number of carbonyl (C=O) groups is 1. The van der Waals surface area contributed by atoms with Gasteiger partial charge in [-0.15, -0.1) is 0 Å². The van der Waals surface area contributed by atoms with Crippen molar-refractivity contribution < 1.29 is 14.3 Å². The molecule has 3 aromatic rings. The Morgan fingerprint density at radius 3 is 2.00 bits per heavy atom. The number of Topliss-reactive ketones (excluding diaryl/α,β-unsaturated/α-hetero) is 1. The molecule has 0 aliphatic heterocycles. The monoisotopic (exact) mass is 424 g/mol. The highest BCUT2D eigenvalue weighted by atomic mass is 79.9. The second-order valence-electron chi connectivity index (χ2n) is 6.21. The number of hydrogen-bond donors (Lipinski definition) is 0. The summed E-state index contributed by atoms with van der Waals surface area (Å²) in [6.07, 6.45) is 0. The molecule has 3 aromatic carbocycles. The molecule has 0 heterocycles. The Kier molecular flexibility index (Phi) is 6.80. The van der Waals surface area contributed by atoms with Gasteiger partial charge in [0.05, 0.1) is 13.2 Å². The van der Waals surface area contributed by atoms with E-state index in [-0.39, 0.29) is 5.78 Å². The van der Waals surface area contributed by atoms with E-state index >= 15 is 0 Å². The zero-order valence-electron chi connectivity index (χ0n) is 15.2. The van der Waals surface area contributed by atoms with Gasteiger partial charge in [-0.25, -0.2) is 0 Å². The molecule has 138 valence electrons. The molecule has 0 amide bonds. The summed E-state index contributed by atoms with van der Waals surface area (Å²) >= 11 is 3.56. The van der Waals surface area contributed by atoms with Gasteiger partial charge in [0, 0.05) is 15.6 Å². The number of hydrogen-bond acceptors (Lipinski definition) is 3. The van der Waals surface area contributed by atoms with Gasteiger partial charge in [0.15, 0.2) is 5.78 Å². The van der Waals surface area contributed by atoms with Crippen molar-refractivity contribution in [2.24, 2.45) is 0 Å². The summed E-state index contributed by atoms with van der Waals surface area (Å²) in [4.78, 5) is 11.9. The molecule has 0 aromatic heterocycles. The fourth-order valence-electron chi connectivity index (χ4n) is 2.73. The standard InChI is InChI=1S/C23H21BrO3/c1-17(25)20-12-13-22(27-15-19-10-6-3-7-11-19)21(23(20)24)16-26-14-18-8-4-2-5-9-18/h2-13H,14-16H2,1H3. The van der Waals surface area contributed by atoms with Gasteiger partial charge in [0.2, 0.25) is 0 Å². The van der Waals surface area contributed by atoms with E-state index in [0.29, 0.717) is 31.1 Å². The second-order valence-corrected chi connectivity index (χ2v) is 7.01. The molecule has 0 aliphatic rings. The number of ether oxygens (including phenoxy) is 2. The molecule has 0 unspecified atom stereocenters. The third-order valence-electron chi connectivity index (χ3n) is 4.17. The lowest BCUT2D eigenvalue weighted by Gasteiger charge is -2.16. The van der Waals surface area contributed by atoms with E-state index in [0.717, 1.165) is 21.2 Å². The molecule has 0 radical (unpaired) electrons. The number of carbonyl (C=O) groups excluding carboxylic acids is 1. The molecule has 0 fully saturated rings. The first-order chi connectivity index (χ1) is 13.1. The van der Waals surface area contributed by atoms with Crippen LogP contribution >= 0.6 is 15.9 Å². The first-order valence-corrected chi connectivity index (χ1v) is 9.55. The van der Waals surface area contributed by atoms with Crippen LogP contribution in [0, 0.1) is 0 Å². The SMILES string of the molecule is CC(=O)c1ccc(OCc2ccccc2)c(COCc2ccccc2)c1Br. The van der Waals surface area contributed by atoms with Crippen molar-refractivity contribution in [1.29, 1.82) is 0 Å². The van der Waals surface area contributed by atoms with Crippen LogP contribution in [-0.2, 0) is 24.6 Å². The summed E-state index contributed by atoms with van der Waals surface area (Å²) in [5.74, 6) is 0.713. The van der Waals surface area contributed by atoms with Crippen molar-refractivity contribution in [1.82, 2.24) is 0 Å². The van der Waals surface area contributed by atoms with E-state index < -0.39 is 0 Å². The van der Waals surface area contributed by atoms with E-state index in [1.165, 1.54) is 0 Å². The van der Waals surface area contributed by atoms with Gasteiger partial charge in [0.25, 0.3) is 0 Å². The van der Waals surface area contributed by atoms with Crippen molar-refractivity contribution in [3.63, 3.8) is 0 Å². The minimum absolute atomic E-state index is 0.000735. The summed E-state index contributed by atoms with van der Waals surface area (Å²) in [6.45, 7) is 2.86. The molecule has 0 saturated carbocycles. The Morgan fingerprint density at radius 2 is 1.41 bits per heavy atom. The second kappa shape index (κ2) is 9.49. The predicted octanol–water partition coefficient (Wildman–Crippen LogP) is 5.95. The highest BCUT2D eigenvalue weighted by Crippen LogP contribution is 2.32. The zero-order valence-corrected chi connectivity index (χ0v) is 16.7.